The van der Waals surface area contributed by atoms with Gasteiger partial charge in [-0.2, -0.15) is 18.3 Å². The quantitative estimate of drug-likeness (QED) is 0.107. The van der Waals surface area contributed by atoms with Gasteiger partial charge in [-0.3, -0.25) is 19.8 Å². The minimum Gasteiger partial charge on any atom is -0.382 e. The van der Waals surface area contributed by atoms with Crippen LogP contribution in [-0.2, 0) is 23.1 Å². The standard InChI is InChI=1S/C31H28F5N7O4/c32-22-5-7-25(27(33)15-22)30(45,18-42-20-37-19-38-42)17-40-10-12-41(13-11-40)28-8-6-23(16-26(28)31(34,35)36)39-29(44)9-4-21-2-1-3-24(14-21)43(46)47/h1-9,14-16,19-20,45H,10-13,17-18H2,(H,39,44)/b9-4+. The van der Waals surface area contributed by atoms with E-state index in [4.69, 9.17) is 0 Å². The Balaban J connectivity index is 1.28. The molecule has 1 aromatic heterocycles. The number of rotatable bonds is 10. The number of aromatic nitrogens is 3. The Hall–Kier alpha value is -5.22. The second kappa shape index (κ2) is 13.6. The van der Waals surface area contributed by atoms with Crippen molar-refractivity contribution >= 4 is 29.0 Å². The molecule has 4 aromatic rings. The maximum absolute atomic E-state index is 14.8. The second-order valence-corrected chi connectivity index (χ2v) is 10.9. The number of carbonyl (C=O) groups is 1. The predicted octanol–water partition coefficient (Wildman–Crippen LogP) is 4.85. The van der Waals surface area contributed by atoms with Crippen LogP contribution in [0.1, 0.15) is 16.7 Å². The van der Waals surface area contributed by atoms with Crippen LogP contribution in [0.3, 0.4) is 0 Å². The number of anilines is 2. The van der Waals surface area contributed by atoms with Crippen molar-refractivity contribution in [3.8, 4) is 0 Å². The summed E-state index contributed by atoms with van der Waals surface area (Å²) in [6.45, 7) is 0.353. The Morgan fingerprint density at radius 1 is 1.00 bits per heavy atom. The number of halogens is 5. The van der Waals surface area contributed by atoms with Gasteiger partial charge in [-0.05, 0) is 35.9 Å². The van der Waals surface area contributed by atoms with Gasteiger partial charge in [-0.15, -0.1) is 0 Å². The molecule has 0 bridgehead atoms. The summed E-state index contributed by atoms with van der Waals surface area (Å²) >= 11 is 0. The third kappa shape index (κ3) is 8.14. The molecule has 3 aromatic carbocycles. The number of β-amino-alcohol motifs (C(OH)–C–C–N with tert-alkyl or cyclic N) is 1. The first-order valence-electron chi connectivity index (χ1n) is 14.2. The van der Waals surface area contributed by atoms with Crippen molar-refractivity contribution in [1.29, 1.82) is 0 Å². The lowest BCUT2D eigenvalue weighted by Crippen LogP contribution is -2.52. The van der Waals surface area contributed by atoms with Crippen molar-refractivity contribution in [2.75, 3.05) is 42.9 Å². The average molecular weight is 658 g/mol. The molecule has 16 heteroatoms. The highest BCUT2D eigenvalue weighted by atomic mass is 19.4. The van der Waals surface area contributed by atoms with Crippen LogP contribution in [-0.4, -0.2) is 68.3 Å². The van der Waals surface area contributed by atoms with Crippen molar-refractivity contribution in [2.45, 2.75) is 18.3 Å². The zero-order chi connectivity index (χ0) is 33.8. The fraction of sp³-hybridized carbons (Fsp3) is 0.258. The molecule has 1 atom stereocenters. The molecule has 1 amide bonds. The van der Waals surface area contributed by atoms with Gasteiger partial charge in [-0.25, -0.2) is 18.4 Å². The molecule has 2 heterocycles. The van der Waals surface area contributed by atoms with E-state index in [0.717, 1.165) is 24.3 Å². The first-order chi connectivity index (χ1) is 22.3. The Morgan fingerprint density at radius 2 is 1.77 bits per heavy atom. The molecule has 0 radical (unpaired) electrons. The molecule has 1 saturated heterocycles. The van der Waals surface area contributed by atoms with E-state index in [2.05, 4.69) is 15.4 Å². The van der Waals surface area contributed by atoms with E-state index >= 15 is 0 Å². The molecule has 1 unspecified atom stereocenters. The van der Waals surface area contributed by atoms with E-state index < -0.39 is 39.8 Å². The van der Waals surface area contributed by atoms with Crippen LogP contribution in [0.5, 0.6) is 0 Å². The van der Waals surface area contributed by atoms with E-state index in [1.54, 1.807) is 4.90 Å². The summed E-state index contributed by atoms with van der Waals surface area (Å²) in [6, 6.07) is 11.8. The van der Waals surface area contributed by atoms with Crippen molar-refractivity contribution in [3.05, 3.63) is 118 Å². The predicted molar refractivity (Wildman–Crippen MR) is 161 cm³/mol. The SMILES string of the molecule is O=C(/C=C/c1cccc([N+](=O)[O-])c1)Nc1ccc(N2CCN(CC(O)(Cn3cncn3)c3ccc(F)cc3F)CC2)c(C(F)(F)F)c1. The Kier molecular flexibility index (Phi) is 9.62. The van der Waals surface area contributed by atoms with Crippen LogP contribution in [0.25, 0.3) is 6.08 Å². The van der Waals surface area contributed by atoms with E-state index in [0.29, 0.717) is 11.6 Å². The lowest BCUT2D eigenvalue weighted by atomic mass is 9.92. The van der Waals surface area contributed by atoms with Crippen LogP contribution in [0, 0.1) is 21.7 Å². The van der Waals surface area contributed by atoms with Crippen LogP contribution in [0.4, 0.5) is 39.0 Å². The number of hydrogen-bond acceptors (Lipinski definition) is 8. The molecule has 1 aliphatic rings. The third-order valence-corrected chi connectivity index (χ3v) is 7.60. The molecule has 11 nitrogen and oxygen atoms in total. The smallest absolute Gasteiger partial charge is 0.382 e. The number of nitrogens with one attached hydrogen (secondary N) is 1. The minimum absolute atomic E-state index is 0.104. The third-order valence-electron chi connectivity index (χ3n) is 7.60. The van der Waals surface area contributed by atoms with Gasteiger partial charge < -0.3 is 15.3 Å². The number of nitrogens with zero attached hydrogens (tertiary/aromatic N) is 6. The number of amides is 1. The van der Waals surface area contributed by atoms with Crippen LogP contribution >= 0.6 is 0 Å². The molecule has 0 spiro atoms. The normalized spacial score (nSPS) is 15.5. The number of carbonyl (C=O) groups excluding carboxylic acids is 1. The van der Waals surface area contributed by atoms with Crippen molar-refractivity contribution in [1.82, 2.24) is 19.7 Å². The monoisotopic (exact) mass is 657 g/mol. The fourth-order valence-corrected chi connectivity index (χ4v) is 5.40. The van der Waals surface area contributed by atoms with Crippen molar-refractivity contribution in [2.24, 2.45) is 0 Å². The van der Waals surface area contributed by atoms with Crippen LogP contribution in [0.2, 0.25) is 0 Å². The number of nitro groups is 1. The van der Waals surface area contributed by atoms with Gasteiger partial charge in [0.2, 0.25) is 5.91 Å². The summed E-state index contributed by atoms with van der Waals surface area (Å²) in [5, 5.41) is 28.9. The van der Waals surface area contributed by atoms with Gasteiger partial charge in [0.25, 0.3) is 5.69 Å². The van der Waals surface area contributed by atoms with Gasteiger partial charge >= 0.3 is 6.18 Å². The van der Waals surface area contributed by atoms with Gasteiger partial charge in [0.1, 0.15) is 29.9 Å². The van der Waals surface area contributed by atoms with E-state index in [-0.39, 0.29) is 61.9 Å². The van der Waals surface area contributed by atoms with Crippen molar-refractivity contribution in [3.63, 3.8) is 0 Å². The number of benzene rings is 3. The molecule has 1 fully saturated rings. The topological polar surface area (TPSA) is 130 Å². The zero-order valence-corrected chi connectivity index (χ0v) is 24.6. The zero-order valence-electron chi connectivity index (χ0n) is 24.6. The molecular weight excluding hydrogens is 629 g/mol. The second-order valence-electron chi connectivity index (χ2n) is 10.9. The molecule has 5 rings (SSSR count). The van der Waals surface area contributed by atoms with E-state index in [1.165, 1.54) is 64.7 Å². The lowest BCUT2D eigenvalue weighted by molar-refractivity contribution is -0.384. The maximum Gasteiger partial charge on any atom is 0.418 e. The number of nitro benzene ring substituents is 1. The Bertz CT molecular complexity index is 1780. The highest BCUT2D eigenvalue weighted by Gasteiger charge is 2.38. The van der Waals surface area contributed by atoms with E-state index in [1.807, 2.05) is 0 Å². The summed E-state index contributed by atoms with van der Waals surface area (Å²) < 4.78 is 72.3. The minimum atomic E-state index is -4.76. The number of hydrogen-bond donors (Lipinski definition) is 2. The fourth-order valence-electron chi connectivity index (χ4n) is 5.40. The molecule has 47 heavy (non-hydrogen) atoms. The van der Waals surface area contributed by atoms with Crippen molar-refractivity contribution < 1.29 is 36.8 Å². The largest absolute Gasteiger partial charge is 0.418 e. The Morgan fingerprint density at radius 3 is 2.43 bits per heavy atom. The summed E-state index contributed by atoms with van der Waals surface area (Å²) in [5.74, 6) is -2.50. The summed E-state index contributed by atoms with van der Waals surface area (Å²) in [5.41, 5.74) is -3.02. The molecule has 2 N–H and O–H groups in total. The number of piperazine rings is 1. The maximum atomic E-state index is 14.8. The first kappa shape index (κ1) is 33.2. The molecule has 1 aliphatic heterocycles. The van der Waals surface area contributed by atoms with Gasteiger partial charge in [0.05, 0.1) is 17.0 Å². The van der Waals surface area contributed by atoms with Crippen LogP contribution in [0.15, 0.2) is 79.4 Å². The summed E-state index contributed by atoms with van der Waals surface area (Å²) in [4.78, 5) is 29.9. The Labute approximate surface area is 264 Å². The lowest BCUT2D eigenvalue weighted by Gasteiger charge is -2.41. The van der Waals surface area contributed by atoms with Crippen LogP contribution < -0.4 is 10.2 Å². The van der Waals surface area contributed by atoms with Gasteiger partial charge in [0, 0.05) is 73.9 Å². The molecule has 246 valence electrons. The number of non-ortho nitro benzene ring substituents is 1. The summed E-state index contributed by atoms with van der Waals surface area (Å²) in [7, 11) is 0. The highest BCUT2D eigenvalue weighted by Crippen LogP contribution is 2.39. The average Bonchev–Trinajstić information content (AvgIpc) is 3.52. The molecular formula is C31H28F5N7O4. The first-order valence-corrected chi connectivity index (χ1v) is 14.2. The number of alkyl halides is 3. The highest BCUT2D eigenvalue weighted by molar-refractivity contribution is 6.02. The molecule has 0 saturated carbocycles. The number of aliphatic hydroxyl groups is 1. The van der Waals surface area contributed by atoms with Gasteiger partial charge in [-0.1, -0.05) is 18.2 Å². The molecule has 0 aliphatic carbocycles. The van der Waals surface area contributed by atoms with E-state index in [9.17, 15) is 42.0 Å². The summed E-state index contributed by atoms with van der Waals surface area (Å²) in [6.07, 6.45) is 0.179. The van der Waals surface area contributed by atoms with Gasteiger partial charge in [0.15, 0.2) is 0 Å².